The highest BCUT2D eigenvalue weighted by Gasteiger charge is 2.32. The fraction of sp³-hybridized carbons (Fsp3) is 0.500. The zero-order chi connectivity index (χ0) is 26.8. The number of hydrogen-bond donors (Lipinski definition) is 2. The van der Waals surface area contributed by atoms with E-state index in [1.807, 2.05) is 12.3 Å². The van der Waals surface area contributed by atoms with E-state index in [1.54, 1.807) is 14.2 Å². The number of nitrogens with zero attached hydrogens (tertiary/aromatic N) is 4. The fourth-order valence-electron chi connectivity index (χ4n) is 5.79. The fourth-order valence-corrected chi connectivity index (χ4v) is 5.79. The molecule has 2 N–H and O–H groups in total. The Morgan fingerprint density at radius 1 is 0.949 bits per heavy atom. The first-order chi connectivity index (χ1) is 19.2. The number of morpholine rings is 2. The van der Waals surface area contributed by atoms with Crippen LogP contribution in [0, 0.1) is 5.82 Å². The SMILES string of the molecule is COCC(c1cc2[nH]cc(-c3cc4cc(F)cnc4[nH]3)c2nc1C(COC)N1CCOCC1)N1CCOCC1. The van der Waals surface area contributed by atoms with Gasteiger partial charge >= 0.3 is 0 Å². The molecule has 0 aliphatic carbocycles. The number of nitrogens with one attached hydrogen (secondary N) is 2. The van der Waals surface area contributed by atoms with Crippen LogP contribution < -0.4 is 0 Å². The smallest absolute Gasteiger partial charge is 0.142 e. The maximum atomic E-state index is 13.8. The van der Waals surface area contributed by atoms with Gasteiger partial charge in [0, 0.05) is 57.5 Å². The summed E-state index contributed by atoms with van der Waals surface area (Å²) in [7, 11) is 3.48. The largest absolute Gasteiger partial charge is 0.383 e. The third-order valence-corrected chi connectivity index (χ3v) is 7.73. The summed E-state index contributed by atoms with van der Waals surface area (Å²) in [4.78, 5) is 21.2. The lowest BCUT2D eigenvalue weighted by Crippen LogP contribution is -2.43. The summed E-state index contributed by atoms with van der Waals surface area (Å²) >= 11 is 0. The predicted octanol–water partition coefficient (Wildman–Crippen LogP) is 3.28. The van der Waals surface area contributed by atoms with E-state index in [1.165, 1.54) is 12.3 Å². The molecule has 0 amide bonds. The quantitative estimate of drug-likeness (QED) is 0.335. The zero-order valence-corrected chi connectivity index (χ0v) is 22.4. The van der Waals surface area contributed by atoms with Crippen molar-refractivity contribution in [1.82, 2.24) is 29.7 Å². The molecule has 4 aromatic heterocycles. The van der Waals surface area contributed by atoms with E-state index in [0.29, 0.717) is 50.7 Å². The zero-order valence-electron chi connectivity index (χ0n) is 22.4. The second-order valence-corrected chi connectivity index (χ2v) is 10.1. The van der Waals surface area contributed by atoms with Crippen molar-refractivity contribution in [2.75, 3.05) is 80.0 Å². The van der Waals surface area contributed by atoms with Gasteiger partial charge in [-0.15, -0.1) is 0 Å². The first kappa shape index (κ1) is 26.3. The summed E-state index contributed by atoms with van der Waals surface area (Å²) in [5.74, 6) is -0.364. The highest BCUT2D eigenvalue weighted by Crippen LogP contribution is 2.37. The van der Waals surface area contributed by atoms with Crippen molar-refractivity contribution in [3.05, 3.63) is 47.7 Å². The maximum absolute atomic E-state index is 13.8. The van der Waals surface area contributed by atoms with Crippen LogP contribution in [-0.4, -0.2) is 110 Å². The molecule has 10 nitrogen and oxygen atoms in total. The molecule has 4 aromatic rings. The predicted molar refractivity (Wildman–Crippen MR) is 145 cm³/mol. The second-order valence-electron chi connectivity index (χ2n) is 10.1. The second kappa shape index (κ2) is 11.7. The molecule has 0 bridgehead atoms. The molecule has 39 heavy (non-hydrogen) atoms. The van der Waals surface area contributed by atoms with Crippen LogP contribution in [0.3, 0.4) is 0 Å². The molecule has 0 aromatic carbocycles. The Morgan fingerprint density at radius 2 is 1.62 bits per heavy atom. The molecule has 6 heterocycles. The van der Waals surface area contributed by atoms with Gasteiger partial charge in [-0.2, -0.15) is 0 Å². The summed E-state index contributed by atoms with van der Waals surface area (Å²) in [6.45, 7) is 7.04. The third kappa shape index (κ3) is 5.30. The van der Waals surface area contributed by atoms with Crippen LogP contribution in [0.5, 0.6) is 0 Å². The van der Waals surface area contributed by atoms with E-state index in [9.17, 15) is 4.39 Å². The van der Waals surface area contributed by atoms with Gasteiger partial charge in [0.05, 0.1) is 80.3 Å². The number of rotatable bonds is 9. The minimum Gasteiger partial charge on any atom is -0.383 e. The van der Waals surface area contributed by atoms with Gasteiger partial charge in [-0.3, -0.25) is 9.80 Å². The van der Waals surface area contributed by atoms with Crippen molar-refractivity contribution >= 4 is 22.1 Å². The summed E-state index contributed by atoms with van der Waals surface area (Å²) in [5.41, 5.74) is 6.23. The van der Waals surface area contributed by atoms with Crippen LogP contribution in [0.4, 0.5) is 4.39 Å². The van der Waals surface area contributed by atoms with E-state index in [-0.39, 0.29) is 17.9 Å². The normalized spacial score (nSPS) is 19.2. The van der Waals surface area contributed by atoms with Crippen LogP contribution >= 0.6 is 0 Å². The topological polar surface area (TPSA) is 101 Å². The average Bonchev–Trinajstić information content (AvgIpc) is 3.58. The van der Waals surface area contributed by atoms with E-state index < -0.39 is 0 Å². The first-order valence-corrected chi connectivity index (χ1v) is 13.4. The molecule has 2 unspecified atom stereocenters. The van der Waals surface area contributed by atoms with Crippen LogP contribution in [-0.2, 0) is 18.9 Å². The molecule has 11 heteroatoms. The molecule has 0 radical (unpaired) electrons. The van der Waals surface area contributed by atoms with Gasteiger partial charge in [0.1, 0.15) is 11.5 Å². The van der Waals surface area contributed by atoms with Crippen molar-refractivity contribution in [3.63, 3.8) is 0 Å². The Balaban J connectivity index is 1.51. The van der Waals surface area contributed by atoms with Crippen molar-refractivity contribution < 1.29 is 23.3 Å². The number of pyridine rings is 2. The molecule has 0 spiro atoms. The van der Waals surface area contributed by atoms with E-state index in [4.69, 9.17) is 23.9 Å². The van der Waals surface area contributed by atoms with E-state index in [2.05, 4.69) is 30.8 Å². The van der Waals surface area contributed by atoms with Gasteiger partial charge in [-0.1, -0.05) is 0 Å². The lowest BCUT2D eigenvalue weighted by Gasteiger charge is -2.38. The standard InChI is InChI=1S/C28H35FN6O4/c1-36-16-24(34-3-7-38-8-4-34)20-13-23-26(33-27(20)25(17-37-2)35-5-9-39-10-6-35)21(15-30-23)22-12-18-11-19(29)14-31-28(18)32-22/h11-15,24-25,30H,3-10,16-17H2,1-2H3,(H,31,32). The number of methoxy groups -OCH3 is 2. The van der Waals surface area contributed by atoms with Crippen molar-refractivity contribution in [2.45, 2.75) is 12.1 Å². The molecule has 2 aliphatic heterocycles. The molecular weight excluding hydrogens is 503 g/mol. The van der Waals surface area contributed by atoms with Crippen LogP contribution in [0.15, 0.2) is 30.6 Å². The number of H-pyrrole nitrogens is 2. The van der Waals surface area contributed by atoms with Gasteiger partial charge in [-0.05, 0) is 23.8 Å². The minimum atomic E-state index is -0.364. The number of halogens is 1. The van der Waals surface area contributed by atoms with Crippen molar-refractivity contribution in [3.8, 4) is 11.3 Å². The molecular formula is C28H35FN6O4. The Morgan fingerprint density at radius 3 is 2.31 bits per heavy atom. The molecule has 208 valence electrons. The first-order valence-electron chi connectivity index (χ1n) is 13.4. The van der Waals surface area contributed by atoms with E-state index >= 15 is 0 Å². The molecule has 0 saturated carbocycles. The highest BCUT2D eigenvalue weighted by molar-refractivity contribution is 5.95. The number of ether oxygens (including phenoxy) is 4. The van der Waals surface area contributed by atoms with Crippen LogP contribution in [0.1, 0.15) is 23.3 Å². The maximum Gasteiger partial charge on any atom is 0.142 e. The Labute approximate surface area is 226 Å². The van der Waals surface area contributed by atoms with Gasteiger partial charge < -0.3 is 28.9 Å². The van der Waals surface area contributed by atoms with Gasteiger partial charge in [0.2, 0.25) is 0 Å². The highest BCUT2D eigenvalue weighted by atomic mass is 19.1. The number of aromatic amines is 2. The lowest BCUT2D eigenvalue weighted by molar-refractivity contribution is -0.0116. The number of fused-ring (bicyclic) bond motifs is 2. The molecule has 2 aliphatic rings. The van der Waals surface area contributed by atoms with Gasteiger partial charge in [0.15, 0.2) is 0 Å². The Kier molecular flexibility index (Phi) is 7.87. The summed E-state index contributed by atoms with van der Waals surface area (Å²) in [6, 6.07) is 5.57. The molecule has 2 atom stereocenters. The van der Waals surface area contributed by atoms with Crippen LogP contribution in [0.25, 0.3) is 33.3 Å². The monoisotopic (exact) mass is 538 g/mol. The van der Waals surface area contributed by atoms with Gasteiger partial charge in [0.25, 0.3) is 0 Å². The average molecular weight is 539 g/mol. The number of hydrogen-bond acceptors (Lipinski definition) is 8. The molecule has 2 saturated heterocycles. The van der Waals surface area contributed by atoms with Crippen LogP contribution in [0.2, 0.25) is 0 Å². The summed E-state index contributed by atoms with van der Waals surface area (Å²) < 4.78 is 36.7. The Hall–Kier alpha value is -2.93. The minimum absolute atomic E-state index is 0.0122. The molecule has 2 fully saturated rings. The van der Waals surface area contributed by atoms with Crippen molar-refractivity contribution in [1.29, 1.82) is 0 Å². The third-order valence-electron chi connectivity index (χ3n) is 7.73. The molecule has 6 rings (SSSR count). The number of aromatic nitrogens is 4. The van der Waals surface area contributed by atoms with Crippen molar-refractivity contribution in [2.24, 2.45) is 0 Å². The Bertz CT molecular complexity index is 1410. The summed E-state index contributed by atoms with van der Waals surface area (Å²) in [5, 5.41) is 0.717. The summed E-state index contributed by atoms with van der Waals surface area (Å²) in [6.07, 6.45) is 3.17. The van der Waals surface area contributed by atoms with Gasteiger partial charge in [-0.25, -0.2) is 14.4 Å². The lowest BCUT2D eigenvalue weighted by atomic mass is 9.97. The van der Waals surface area contributed by atoms with E-state index in [0.717, 1.165) is 59.7 Å².